The van der Waals surface area contributed by atoms with Crippen molar-refractivity contribution in [3.8, 4) is 17.2 Å². The van der Waals surface area contributed by atoms with E-state index in [0.29, 0.717) is 27.8 Å². The fraction of sp³-hybridized carbons (Fsp3) is 0.586. The van der Waals surface area contributed by atoms with E-state index in [1.807, 2.05) is 38.1 Å². The molecule has 4 nitrogen and oxygen atoms in total. The predicted octanol–water partition coefficient (Wildman–Crippen LogP) is 6.53. The lowest BCUT2D eigenvalue weighted by molar-refractivity contribution is 0.0421. The average molecular weight is 497 g/mol. The van der Waals surface area contributed by atoms with Crippen molar-refractivity contribution in [3.63, 3.8) is 0 Å². The number of ether oxygens (including phenoxy) is 2. The summed E-state index contributed by atoms with van der Waals surface area (Å²) in [6, 6.07) is 9.93. The summed E-state index contributed by atoms with van der Waals surface area (Å²) in [5, 5.41) is 13.2. The molecule has 0 aromatic heterocycles. The molecule has 2 aromatic carbocycles. The lowest BCUT2D eigenvalue weighted by Crippen LogP contribution is -2.45. The van der Waals surface area contributed by atoms with Gasteiger partial charge in [0, 0.05) is 12.7 Å². The Balaban J connectivity index is 2.77. The van der Waals surface area contributed by atoms with Crippen molar-refractivity contribution in [3.05, 3.63) is 35.9 Å². The minimum absolute atomic E-state index is 0.129. The predicted molar refractivity (Wildman–Crippen MR) is 152 cm³/mol. The van der Waals surface area contributed by atoms with E-state index in [-0.39, 0.29) is 12.7 Å². The molecule has 6 heteroatoms. The van der Waals surface area contributed by atoms with E-state index in [0.717, 1.165) is 16.3 Å². The zero-order valence-corrected chi connectivity index (χ0v) is 24.7. The quantitative estimate of drug-likeness (QED) is 0.231. The van der Waals surface area contributed by atoms with Crippen LogP contribution in [0.2, 0.25) is 16.6 Å². The Morgan fingerprint density at radius 3 is 2.09 bits per heavy atom. The summed E-state index contributed by atoms with van der Waals surface area (Å²) in [6.07, 6.45) is 0. The molecule has 2 rings (SSSR count). The highest BCUT2D eigenvalue weighted by Gasteiger charge is 2.41. The fourth-order valence-electron chi connectivity index (χ4n) is 5.04. The van der Waals surface area contributed by atoms with Crippen molar-refractivity contribution in [2.45, 2.75) is 91.5 Å². The van der Waals surface area contributed by atoms with Gasteiger partial charge in [-0.05, 0) is 70.8 Å². The summed E-state index contributed by atoms with van der Waals surface area (Å²) in [6.45, 7) is 22.2. The second-order valence-corrected chi connectivity index (χ2v) is 16.9. The lowest BCUT2D eigenvalue weighted by Gasteiger charge is -2.38. The highest BCUT2D eigenvalue weighted by molar-refractivity contribution is 6.90. The first-order chi connectivity index (χ1) is 16.3. The zero-order valence-electron chi connectivity index (χ0n) is 23.7. The van der Waals surface area contributed by atoms with E-state index in [1.54, 1.807) is 7.11 Å². The van der Waals surface area contributed by atoms with Gasteiger partial charge in [-0.1, -0.05) is 73.4 Å². The van der Waals surface area contributed by atoms with E-state index in [2.05, 4.69) is 72.9 Å². The summed E-state index contributed by atoms with van der Waals surface area (Å²) in [5.74, 6) is 4.45. The minimum Gasteiger partial charge on any atom is -0.468 e. The average Bonchev–Trinajstić information content (AvgIpc) is 2.76. The maximum atomic E-state index is 11.3. The van der Waals surface area contributed by atoms with Crippen molar-refractivity contribution in [2.24, 2.45) is 5.92 Å². The van der Waals surface area contributed by atoms with E-state index in [1.165, 1.54) is 0 Å². The Kier molecular flexibility index (Phi) is 10.1. The molecule has 0 saturated carbocycles. The number of benzene rings is 2. The van der Waals surface area contributed by atoms with Gasteiger partial charge in [0.2, 0.25) is 0 Å². The van der Waals surface area contributed by atoms with Gasteiger partial charge in [0.25, 0.3) is 0 Å². The van der Waals surface area contributed by atoms with Gasteiger partial charge in [0.1, 0.15) is 13.8 Å². The highest BCUT2D eigenvalue weighted by Crippen LogP contribution is 2.41. The third-order valence-corrected chi connectivity index (χ3v) is 14.0. The first-order valence-electron chi connectivity index (χ1n) is 12.8. The molecule has 1 N–H and O–H groups in total. The molecule has 0 bridgehead atoms. The van der Waals surface area contributed by atoms with Gasteiger partial charge in [-0.2, -0.15) is 0 Å². The lowest BCUT2D eigenvalue weighted by atomic mass is 9.73. The Hall–Kier alpha value is -1.78. The SMILES string of the molecule is COCOc1cc(B(O)OC(C)(C)C(C)C)c2c(C#C[Si](C(C)C)(C(C)C)C(C)C)cccc2c1. The Morgan fingerprint density at radius 2 is 1.57 bits per heavy atom. The first kappa shape index (κ1) is 29.5. The van der Waals surface area contributed by atoms with Crippen LogP contribution in [0.5, 0.6) is 5.75 Å². The van der Waals surface area contributed by atoms with Crippen LogP contribution >= 0.6 is 0 Å². The van der Waals surface area contributed by atoms with Crippen molar-refractivity contribution >= 4 is 31.4 Å². The molecule has 0 heterocycles. The number of hydrogen-bond donors (Lipinski definition) is 1. The number of methoxy groups -OCH3 is 1. The summed E-state index contributed by atoms with van der Waals surface area (Å²) in [7, 11) is -1.45. The van der Waals surface area contributed by atoms with Crippen LogP contribution in [0.3, 0.4) is 0 Å². The van der Waals surface area contributed by atoms with Gasteiger partial charge in [-0.15, -0.1) is 5.54 Å². The van der Waals surface area contributed by atoms with E-state index < -0.39 is 20.8 Å². The van der Waals surface area contributed by atoms with Crippen LogP contribution in [-0.4, -0.2) is 39.7 Å². The molecule has 0 fully saturated rings. The molecule has 2 aromatic rings. The highest BCUT2D eigenvalue weighted by atomic mass is 28.3. The molecule has 0 atom stereocenters. The first-order valence-corrected chi connectivity index (χ1v) is 15.1. The molecule has 0 radical (unpaired) electrons. The van der Waals surface area contributed by atoms with Crippen LogP contribution in [0.4, 0.5) is 0 Å². The minimum atomic E-state index is -1.92. The van der Waals surface area contributed by atoms with E-state index in [9.17, 15) is 5.02 Å². The smallest absolute Gasteiger partial charge is 0.468 e. The molecule has 0 aliphatic heterocycles. The third-order valence-electron chi connectivity index (χ3n) is 7.68. The molecule has 192 valence electrons. The molecule has 35 heavy (non-hydrogen) atoms. The number of rotatable bonds is 10. The normalized spacial score (nSPS) is 12.6. The molecule has 0 aliphatic carbocycles. The second-order valence-electron chi connectivity index (χ2n) is 11.3. The Morgan fingerprint density at radius 1 is 0.971 bits per heavy atom. The third kappa shape index (κ3) is 6.51. The van der Waals surface area contributed by atoms with Crippen LogP contribution in [0.1, 0.15) is 74.8 Å². The van der Waals surface area contributed by atoms with Crippen LogP contribution in [0.25, 0.3) is 10.8 Å². The van der Waals surface area contributed by atoms with Crippen LogP contribution in [-0.2, 0) is 9.39 Å². The van der Waals surface area contributed by atoms with Gasteiger partial charge in [0.05, 0.1) is 5.60 Å². The van der Waals surface area contributed by atoms with Crippen molar-refractivity contribution in [1.29, 1.82) is 0 Å². The van der Waals surface area contributed by atoms with Crippen molar-refractivity contribution in [1.82, 2.24) is 0 Å². The molecule has 0 spiro atoms. The fourth-order valence-corrected chi connectivity index (χ4v) is 10.3. The number of hydrogen-bond acceptors (Lipinski definition) is 4. The van der Waals surface area contributed by atoms with Crippen LogP contribution < -0.4 is 10.2 Å². The Labute approximate surface area is 214 Å². The molecular weight excluding hydrogens is 451 g/mol. The van der Waals surface area contributed by atoms with E-state index >= 15 is 0 Å². The van der Waals surface area contributed by atoms with Crippen molar-refractivity contribution < 1.29 is 19.2 Å². The standard InChI is InChI=1S/C29H45BO4Si/c1-20(2)29(9,10)34-30(31)27-18-26(33-19-32-11)17-25-14-12-13-24(28(25)27)15-16-35(21(3)4,22(5)6)23(7)8/h12-14,17-18,20-23,31H,19H2,1-11H3. The van der Waals surface area contributed by atoms with Gasteiger partial charge >= 0.3 is 7.12 Å². The summed E-state index contributed by atoms with van der Waals surface area (Å²) in [4.78, 5) is 0. The Bertz CT molecular complexity index is 1030. The summed E-state index contributed by atoms with van der Waals surface area (Å²) >= 11 is 0. The van der Waals surface area contributed by atoms with Crippen LogP contribution in [0, 0.1) is 17.4 Å². The molecular formula is C29H45BO4Si. The van der Waals surface area contributed by atoms with Crippen molar-refractivity contribution in [2.75, 3.05) is 13.9 Å². The molecule has 0 amide bonds. The van der Waals surface area contributed by atoms with Gasteiger partial charge in [-0.3, -0.25) is 0 Å². The van der Waals surface area contributed by atoms with Gasteiger partial charge in [-0.25, -0.2) is 0 Å². The molecule has 0 aliphatic rings. The topological polar surface area (TPSA) is 47.9 Å². The second kappa shape index (κ2) is 12.0. The summed E-state index contributed by atoms with van der Waals surface area (Å²) in [5.41, 5.74) is 6.53. The molecule has 0 saturated heterocycles. The maximum Gasteiger partial charge on any atom is 0.492 e. The summed E-state index contributed by atoms with van der Waals surface area (Å²) < 4.78 is 17.1. The van der Waals surface area contributed by atoms with Gasteiger partial charge in [0.15, 0.2) is 6.79 Å². The van der Waals surface area contributed by atoms with E-state index in [4.69, 9.17) is 14.1 Å². The van der Waals surface area contributed by atoms with Crippen LogP contribution in [0.15, 0.2) is 30.3 Å². The molecule has 0 unspecified atom stereocenters. The maximum absolute atomic E-state index is 11.3. The zero-order chi connectivity index (χ0) is 26.6. The monoisotopic (exact) mass is 496 g/mol. The largest absolute Gasteiger partial charge is 0.492 e. The number of fused-ring (bicyclic) bond motifs is 1. The van der Waals surface area contributed by atoms with Gasteiger partial charge < -0.3 is 19.2 Å².